The minimum atomic E-state index is -0.0274. The van der Waals surface area contributed by atoms with Gasteiger partial charge in [0.25, 0.3) is 5.91 Å². The zero-order chi connectivity index (χ0) is 17.2. The summed E-state index contributed by atoms with van der Waals surface area (Å²) in [5.74, 6) is 1.36. The van der Waals surface area contributed by atoms with Crippen LogP contribution in [0.15, 0.2) is 37.1 Å². The number of thiophene rings is 1. The maximum atomic E-state index is 12.6. The highest BCUT2D eigenvalue weighted by molar-refractivity contribution is 7.14. The summed E-state index contributed by atoms with van der Waals surface area (Å²) in [6.07, 6.45) is 8.16. The van der Waals surface area contributed by atoms with Gasteiger partial charge in [-0.1, -0.05) is 13.0 Å². The van der Waals surface area contributed by atoms with Crippen molar-refractivity contribution >= 4 is 17.2 Å². The Balaban J connectivity index is 1.48. The first kappa shape index (κ1) is 16.0. The van der Waals surface area contributed by atoms with E-state index < -0.39 is 0 Å². The van der Waals surface area contributed by atoms with E-state index in [1.165, 1.54) is 23.2 Å². The van der Waals surface area contributed by atoms with Crippen LogP contribution in [0.1, 0.15) is 39.0 Å². The normalized spacial score (nSPS) is 16.4. The van der Waals surface area contributed by atoms with Crippen LogP contribution in [-0.4, -0.2) is 25.7 Å². The Hall–Kier alpha value is -2.54. The van der Waals surface area contributed by atoms with Gasteiger partial charge in [0.2, 0.25) is 0 Å². The third kappa shape index (κ3) is 3.32. The number of fused-ring (bicyclic) bond motifs is 1. The molecule has 3 aromatic heterocycles. The molecule has 1 unspecified atom stereocenters. The van der Waals surface area contributed by atoms with Crippen LogP contribution in [0, 0.1) is 5.92 Å². The van der Waals surface area contributed by atoms with Crippen molar-refractivity contribution in [1.29, 1.82) is 0 Å². The van der Waals surface area contributed by atoms with E-state index in [-0.39, 0.29) is 5.91 Å². The summed E-state index contributed by atoms with van der Waals surface area (Å²) in [4.78, 5) is 23.0. The lowest BCUT2D eigenvalue weighted by Crippen LogP contribution is -2.23. The number of nitrogens with zero attached hydrogens (tertiary/aromatic N) is 4. The van der Waals surface area contributed by atoms with E-state index in [1.807, 2.05) is 12.1 Å². The SMILES string of the molecule is CC1CCc2sc(C(=O)NCc3cccnc3-n3cncn3)cc2C1. The number of carbonyl (C=O) groups is 1. The van der Waals surface area contributed by atoms with Gasteiger partial charge in [0, 0.05) is 23.2 Å². The number of pyridine rings is 1. The first-order valence-electron chi connectivity index (χ1n) is 8.39. The minimum absolute atomic E-state index is 0.0274. The Morgan fingerprint density at radius 1 is 1.48 bits per heavy atom. The molecule has 0 aliphatic heterocycles. The van der Waals surface area contributed by atoms with Crippen LogP contribution in [-0.2, 0) is 19.4 Å². The second kappa shape index (κ2) is 6.76. The maximum Gasteiger partial charge on any atom is 0.261 e. The van der Waals surface area contributed by atoms with Gasteiger partial charge in [0.15, 0.2) is 5.82 Å². The van der Waals surface area contributed by atoms with E-state index in [0.29, 0.717) is 18.3 Å². The zero-order valence-electron chi connectivity index (χ0n) is 14.0. The average Bonchev–Trinajstić information content (AvgIpc) is 3.29. The molecule has 0 radical (unpaired) electrons. The fourth-order valence-corrected chi connectivity index (χ4v) is 4.30. The summed E-state index contributed by atoms with van der Waals surface area (Å²) >= 11 is 1.63. The Morgan fingerprint density at radius 3 is 3.24 bits per heavy atom. The van der Waals surface area contributed by atoms with Crippen molar-refractivity contribution in [3.63, 3.8) is 0 Å². The maximum absolute atomic E-state index is 12.6. The predicted octanol–water partition coefficient (Wildman–Crippen LogP) is 2.78. The molecule has 7 heteroatoms. The second-order valence-electron chi connectivity index (χ2n) is 6.42. The molecule has 0 spiro atoms. The number of carbonyl (C=O) groups excluding carboxylic acids is 1. The van der Waals surface area contributed by atoms with E-state index in [1.54, 1.807) is 28.5 Å². The first-order valence-corrected chi connectivity index (χ1v) is 9.21. The molecule has 4 rings (SSSR count). The van der Waals surface area contributed by atoms with Crippen molar-refractivity contribution in [3.8, 4) is 5.82 Å². The van der Waals surface area contributed by atoms with Gasteiger partial charge in [-0.25, -0.2) is 14.6 Å². The summed E-state index contributed by atoms with van der Waals surface area (Å²) in [6.45, 7) is 2.68. The largest absolute Gasteiger partial charge is 0.347 e. The van der Waals surface area contributed by atoms with E-state index in [4.69, 9.17) is 0 Å². The number of hydrogen-bond acceptors (Lipinski definition) is 5. The van der Waals surface area contributed by atoms with E-state index in [2.05, 4.69) is 33.4 Å². The highest BCUT2D eigenvalue weighted by Gasteiger charge is 2.20. The number of amides is 1. The molecular weight excluding hydrogens is 334 g/mol. The van der Waals surface area contributed by atoms with Crippen LogP contribution in [0.25, 0.3) is 5.82 Å². The molecule has 0 bridgehead atoms. The van der Waals surface area contributed by atoms with E-state index in [0.717, 1.165) is 23.3 Å². The van der Waals surface area contributed by atoms with Gasteiger partial charge in [-0.05, 0) is 42.9 Å². The van der Waals surface area contributed by atoms with Crippen molar-refractivity contribution in [2.45, 2.75) is 32.7 Å². The summed E-state index contributed by atoms with van der Waals surface area (Å²) in [7, 11) is 0. The summed E-state index contributed by atoms with van der Waals surface area (Å²) < 4.78 is 1.60. The molecule has 3 aromatic rings. The molecule has 6 nitrogen and oxygen atoms in total. The van der Waals surface area contributed by atoms with Gasteiger partial charge in [-0.15, -0.1) is 11.3 Å². The Kier molecular flexibility index (Phi) is 4.31. The molecule has 0 saturated carbocycles. The number of rotatable bonds is 4. The Morgan fingerprint density at radius 2 is 2.40 bits per heavy atom. The lowest BCUT2D eigenvalue weighted by Gasteiger charge is -2.16. The third-order valence-electron chi connectivity index (χ3n) is 4.50. The number of aromatic nitrogens is 4. The molecular formula is C18H19N5OS. The third-order valence-corrected chi connectivity index (χ3v) is 5.73. The van der Waals surface area contributed by atoms with Crippen LogP contribution in [0.3, 0.4) is 0 Å². The van der Waals surface area contributed by atoms with Gasteiger partial charge in [-0.3, -0.25) is 4.79 Å². The lowest BCUT2D eigenvalue weighted by atomic mass is 9.90. The van der Waals surface area contributed by atoms with Crippen molar-refractivity contribution in [1.82, 2.24) is 25.1 Å². The lowest BCUT2D eigenvalue weighted by molar-refractivity contribution is 0.0955. The van der Waals surface area contributed by atoms with Crippen LogP contribution in [0.5, 0.6) is 0 Å². The molecule has 25 heavy (non-hydrogen) atoms. The van der Waals surface area contributed by atoms with Crippen LogP contribution < -0.4 is 5.32 Å². The monoisotopic (exact) mass is 353 g/mol. The van der Waals surface area contributed by atoms with E-state index in [9.17, 15) is 4.79 Å². The molecule has 0 saturated heterocycles. The van der Waals surface area contributed by atoms with Crippen LogP contribution in [0.2, 0.25) is 0 Å². The molecule has 3 heterocycles. The molecule has 128 valence electrons. The Bertz CT molecular complexity index is 887. The summed E-state index contributed by atoms with van der Waals surface area (Å²) in [5, 5.41) is 7.12. The van der Waals surface area contributed by atoms with Gasteiger partial charge < -0.3 is 5.32 Å². The predicted molar refractivity (Wildman–Crippen MR) is 95.8 cm³/mol. The van der Waals surface area contributed by atoms with Crippen molar-refractivity contribution in [2.75, 3.05) is 0 Å². The van der Waals surface area contributed by atoms with Crippen molar-refractivity contribution in [3.05, 3.63) is 57.9 Å². The molecule has 1 atom stereocenters. The Labute approximate surface area is 149 Å². The molecule has 0 fully saturated rings. The van der Waals surface area contributed by atoms with Gasteiger partial charge in [0.1, 0.15) is 12.7 Å². The average molecular weight is 353 g/mol. The zero-order valence-corrected chi connectivity index (χ0v) is 14.8. The first-order chi connectivity index (χ1) is 12.2. The fraction of sp³-hybridized carbons (Fsp3) is 0.333. The highest BCUT2D eigenvalue weighted by Crippen LogP contribution is 2.32. The fourth-order valence-electron chi connectivity index (χ4n) is 3.17. The molecule has 0 aromatic carbocycles. The topological polar surface area (TPSA) is 72.7 Å². The smallest absolute Gasteiger partial charge is 0.261 e. The van der Waals surface area contributed by atoms with Crippen molar-refractivity contribution < 1.29 is 4.79 Å². The molecule has 1 N–H and O–H groups in total. The molecule has 1 amide bonds. The quantitative estimate of drug-likeness (QED) is 0.783. The van der Waals surface area contributed by atoms with Gasteiger partial charge >= 0.3 is 0 Å². The standard InChI is InChI=1S/C18H19N5OS/c1-12-4-5-15-14(7-12)8-16(25-15)18(24)21-9-13-3-2-6-20-17(13)23-11-19-10-22-23/h2-3,6,8,10-12H,4-5,7,9H2,1H3,(H,21,24). The molecule has 1 aliphatic carbocycles. The van der Waals surface area contributed by atoms with Crippen LogP contribution >= 0.6 is 11.3 Å². The number of hydrogen-bond donors (Lipinski definition) is 1. The molecule has 1 aliphatic rings. The van der Waals surface area contributed by atoms with Crippen LogP contribution in [0.4, 0.5) is 0 Å². The van der Waals surface area contributed by atoms with E-state index >= 15 is 0 Å². The van der Waals surface area contributed by atoms with Crippen molar-refractivity contribution in [2.24, 2.45) is 5.92 Å². The van der Waals surface area contributed by atoms with Gasteiger partial charge in [-0.2, -0.15) is 5.10 Å². The second-order valence-corrected chi connectivity index (χ2v) is 7.55. The summed E-state index contributed by atoms with van der Waals surface area (Å²) in [6, 6.07) is 5.85. The van der Waals surface area contributed by atoms with Gasteiger partial charge in [0.05, 0.1) is 4.88 Å². The summed E-state index contributed by atoms with van der Waals surface area (Å²) in [5.41, 5.74) is 2.25. The number of aryl methyl sites for hydroxylation is 1. The highest BCUT2D eigenvalue weighted by atomic mass is 32.1. The minimum Gasteiger partial charge on any atom is -0.347 e. The number of nitrogens with one attached hydrogen (secondary N) is 1.